The van der Waals surface area contributed by atoms with Crippen molar-refractivity contribution >= 4 is 11.8 Å². The molecule has 1 aliphatic rings. The van der Waals surface area contributed by atoms with E-state index in [9.17, 15) is 0 Å². The Balaban J connectivity index is 1.97. The van der Waals surface area contributed by atoms with Gasteiger partial charge in [0.1, 0.15) is 0 Å². The number of thioether (sulfide) groups is 1. The van der Waals surface area contributed by atoms with Gasteiger partial charge in [-0.2, -0.15) is 16.9 Å². The van der Waals surface area contributed by atoms with Gasteiger partial charge in [0.05, 0.1) is 5.69 Å². The van der Waals surface area contributed by atoms with Gasteiger partial charge in [-0.15, -0.1) is 0 Å². The molecule has 0 bridgehead atoms. The topological polar surface area (TPSA) is 29.9 Å². The summed E-state index contributed by atoms with van der Waals surface area (Å²) in [7, 11) is 2.01. The Labute approximate surface area is 121 Å². The lowest BCUT2D eigenvalue weighted by Gasteiger charge is -2.19. The Hall–Kier alpha value is -0.480. The van der Waals surface area contributed by atoms with Crippen LogP contribution in [0.4, 0.5) is 0 Å². The molecule has 0 spiro atoms. The van der Waals surface area contributed by atoms with Crippen molar-refractivity contribution in [3.63, 3.8) is 0 Å². The van der Waals surface area contributed by atoms with Crippen molar-refractivity contribution in [2.45, 2.75) is 63.3 Å². The van der Waals surface area contributed by atoms with Crippen LogP contribution in [0.1, 0.15) is 51.3 Å². The molecule has 1 aromatic rings. The van der Waals surface area contributed by atoms with E-state index in [1.165, 1.54) is 30.5 Å². The van der Waals surface area contributed by atoms with E-state index in [-0.39, 0.29) is 5.41 Å². The van der Waals surface area contributed by atoms with Crippen LogP contribution in [-0.4, -0.2) is 27.3 Å². The summed E-state index contributed by atoms with van der Waals surface area (Å²) in [6.07, 6.45) is 8.38. The van der Waals surface area contributed by atoms with Crippen molar-refractivity contribution in [3.8, 4) is 0 Å². The molecule has 1 aliphatic carbocycles. The highest BCUT2D eigenvalue weighted by molar-refractivity contribution is 7.99. The zero-order valence-corrected chi connectivity index (χ0v) is 13.7. The van der Waals surface area contributed by atoms with Crippen LogP contribution in [0.25, 0.3) is 0 Å². The van der Waals surface area contributed by atoms with E-state index in [4.69, 9.17) is 0 Å². The van der Waals surface area contributed by atoms with Crippen LogP contribution in [0.3, 0.4) is 0 Å². The molecule has 1 heterocycles. The average Bonchev–Trinajstić information content (AvgIpc) is 2.91. The van der Waals surface area contributed by atoms with Gasteiger partial charge in [0.2, 0.25) is 0 Å². The Morgan fingerprint density at radius 1 is 1.42 bits per heavy atom. The van der Waals surface area contributed by atoms with Crippen LogP contribution in [0.2, 0.25) is 0 Å². The molecule has 2 unspecified atom stereocenters. The third-order valence-electron chi connectivity index (χ3n) is 3.91. The minimum absolute atomic E-state index is 0.121. The van der Waals surface area contributed by atoms with Gasteiger partial charge in [-0.05, 0) is 25.5 Å². The highest BCUT2D eigenvalue weighted by atomic mass is 32.2. The Bertz CT molecular complexity index is 420. The van der Waals surface area contributed by atoms with E-state index in [1.54, 1.807) is 0 Å². The minimum Gasteiger partial charge on any atom is -0.310 e. The monoisotopic (exact) mass is 281 g/mol. The van der Waals surface area contributed by atoms with Crippen molar-refractivity contribution in [1.82, 2.24) is 15.1 Å². The molecule has 0 radical (unpaired) electrons. The fraction of sp³-hybridized carbons (Fsp3) is 0.800. The lowest BCUT2D eigenvalue weighted by molar-refractivity contribution is 0.509. The first-order chi connectivity index (χ1) is 8.90. The van der Waals surface area contributed by atoms with Gasteiger partial charge in [0.25, 0.3) is 0 Å². The number of aryl methyl sites for hydroxylation is 1. The van der Waals surface area contributed by atoms with E-state index in [1.807, 2.05) is 23.5 Å². The second-order valence-electron chi connectivity index (χ2n) is 6.68. The SMILES string of the molecule is CSC1CCC(NCc2cn(C)nc2C(C)(C)C)C1. The number of hydrogen-bond donors (Lipinski definition) is 1. The normalized spacial score (nSPS) is 24.1. The predicted molar refractivity (Wildman–Crippen MR) is 83.7 cm³/mol. The van der Waals surface area contributed by atoms with E-state index >= 15 is 0 Å². The summed E-state index contributed by atoms with van der Waals surface area (Å²) in [5.74, 6) is 0. The summed E-state index contributed by atoms with van der Waals surface area (Å²) in [4.78, 5) is 0. The predicted octanol–water partition coefficient (Wildman–Crippen LogP) is 3.09. The first-order valence-corrected chi connectivity index (χ1v) is 8.48. The summed E-state index contributed by atoms with van der Waals surface area (Å²) in [6, 6.07) is 0.686. The van der Waals surface area contributed by atoms with Gasteiger partial charge in [-0.3, -0.25) is 4.68 Å². The molecule has 0 aliphatic heterocycles. The van der Waals surface area contributed by atoms with E-state index in [0.717, 1.165) is 11.8 Å². The fourth-order valence-corrected chi connectivity index (χ4v) is 3.69. The molecule has 0 amide bonds. The fourth-order valence-electron chi connectivity index (χ4n) is 2.89. The lowest BCUT2D eigenvalue weighted by Crippen LogP contribution is -2.27. The van der Waals surface area contributed by atoms with Crippen LogP contribution in [-0.2, 0) is 19.0 Å². The second kappa shape index (κ2) is 5.88. The van der Waals surface area contributed by atoms with E-state index in [0.29, 0.717) is 6.04 Å². The zero-order valence-electron chi connectivity index (χ0n) is 12.9. The van der Waals surface area contributed by atoms with Crippen LogP contribution >= 0.6 is 11.8 Å². The summed E-state index contributed by atoms with van der Waals surface area (Å²) in [5.41, 5.74) is 2.69. The average molecular weight is 281 g/mol. The Morgan fingerprint density at radius 2 is 2.16 bits per heavy atom. The Morgan fingerprint density at radius 3 is 2.74 bits per heavy atom. The zero-order chi connectivity index (χ0) is 14.0. The van der Waals surface area contributed by atoms with Gasteiger partial charge in [-0.1, -0.05) is 20.8 Å². The molecule has 1 N–H and O–H groups in total. The molecule has 3 nitrogen and oxygen atoms in total. The van der Waals surface area contributed by atoms with Crippen molar-refractivity contribution in [2.24, 2.45) is 7.05 Å². The number of hydrogen-bond acceptors (Lipinski definition) is 3. The van der Waals surface area contributed by atoms with Crippen LogP contribution < -0.4 is 5.32 Å². The summed E-state index contributed by atoms with van der Waals surface area (Å²) in [6.45, 7) is 7.65. The first-order valence-electron chi connectivity index (χ1n) is 7.19. The van der Waals surface area contributed by atoms with Crippen LogP contribution in [0.15, 0.2) is 6.20 Å². The van der Waals surface area contributed by atoms with Crippen molar-refractivity contribution < 1.29 is 0 Å². The number of rotatable bonds is 4. The molecule has 0 aromatic carbocycles. The van der Waals surface area contributed by atoms with Crippen molar-refractivity contribution in [3.05, 3.63) is 17.5 Å². The summed E-state index contributed by atoms with van der Waals surface area (Å²) < 4.78 is 1.94. The molecule has 2 rings (SSSR count). The van der Waals surface area contributed by atoms with Gasteiger partial charge in [-0.25, -0.2) is 0 Å². The van der Waals surface area contributed by atoms with Gasteiger partial charge >= 0.3 is 0 Å². The smallest absolute Gasteiger partial charge is 0.0722 e. The van der Waals surface area contributed by atoms with Crippen LogP contribution in [0.5, 0.6) is 0 Å². The summed E-state index contributed by atoms with van der Waals surface area (Å²) >= 11 is 2.01. The molecule has 4 heteroatoms. The Kier molecular flexibility index (Phi) is 4.62. The summed E-state index contributed by atoms with van der Waals surface area (Å²) in [5, 5.41) is 9.21. The van der Waals surface area contributed by atoms with E-state index < -0.39 is 0 Å². The van der Waals surface area contributed by atoms with E-state index in [2.05, 4.69) is 43.6 Å². The van der Waals surface area contributed by atoms with Crippen LogP contribution in [0, 0.1) is 0 Å². The molecular formula is C15H27N3S. The second-order valence-corrected chi connectivity index (χ2v) is 7.81. The molecule has 2 atom stereocenters. The maximum absolute atomic E-state index is 4.63. The number of nitrogens with zero attached hydrogens (tertiary/aromatic N) is 2. The molecular weight excluding hydrogens is 254 g/mol. The molecule has 1 saturated carbocycles. The number of nitrogens with one attached hydrogen (secondary N) is 1. The molecule has 0 saturated heterocycles. The number of aromatic nitrogens is 2. The quantitative estimate of drug-likeness (QED) is 0.920. The van der Waals surface area contributed by atoms with Gasteiger partial charge < -0.3 is 5.32 Å². The highest BCUT2D eigenvalue weighted by Crippen LogP contribution is 2.29. The molecule has 108 valence electrons. The van der Waals surface area contributed by atoms with Crippen molar-refractivity contribution in [2.75, 3.05) is 6.26 Å². The molecule has 1 fully saturated rings. The van der Waals surface area contributed by atoms with Crippen molar-refractivity contribution in [1.29, 1.82) is 0 Å². The third kappa shape index (κ3) is 3.76. The lowest BCUT2D eigenvalue weighted by atomic mass is 9.89. The standard InChI is InChI=1S/C15H27N3S/c1-15(2,3)14-11(10-18(4)17-14)9-16-12-6-7-13(8-12)19-5/h10,12-13,16H,6-9H2,1-5H3. The largest absolute Gasteiger partial charge is 0.310 e. The molecule has 1 aromatic heterocycles. The highest BCUT2D eigenvalue weighted by Gasteiger charge is 2.25. The minimum atomic E-state index is 0.121. The maximum atomic E-state index is 4.63. The van der Waals surface area contributed by atoms with Gasteiger partial charge in [0, 0.05) is 42.1 Å². The maximum Gasteiger partial charge on any atom is 0.0722 e. The first kappa shape index (κ1) is 14.9. The molecule has 19 heavy (non-hydrogen) atoms. The van der Waals surface area contributed by atoms with Gasteiger partial charge in [0.15, 0.2) is 0 Å². The third-order valence-corrected chi connectivity index (χ3v) is 5.01.